The highest BCUT2D eigenvalue weighted by Crippen LogP contribution is 2.33. The van der Waals surface area contributed by atoms with Crippen molar-refractivity contribution in [2.75, 3.05) is 5.32 Å². The fraction of sp³-hybridized carbons (Fsp3) is 0.0714. The molecule has 7 nitrogen and oxygen atoms in total. The van der Waals surface area contributed by atoms with Crippen molar-refractivity contribution in [3.05, 3.63) is 63.5 Å². The quantitative estimate of drug-likeness (QED) is 0.583. The Morgan fingerprint density at radius 1 is 1.23 bits per heavy atom. The summed E-state index contributed by atoms with van der Waals surface area (Å²) in [6.45, 7) is 0. The Bertz CT molecular complexity index is 794. The summed E-state index contributed by atoms with van der Waals surface area (Å²) >= 11 is 0. The van der Waals surface area contributed by atoms with Crippen LogP contribution in [0.2, 0.25) is 0 Å². The number of benzene rings is 2. The Kier molecular flexibility index (Phi) is 3.13. The summed E-state index contributed by atoms with van der Waals surface area (Å²) in [6.07, 6.45) is -0.901. The lowest BCUT2D eigenvalue weighted by atomic mass is 10.0. The van der Waals surface area contributed by atoms with E-state index in [0.717, 1.165) is 18.2 Å². The minimum Gasteiger partial charge on any atom is -0.508 e. The molecule has 0 aromatic heterocycles. The molecular formula is C14H10FN3O4. The van der Waals surface area contributed by atoms with E-state index >= 15 is 0 Å². The minimum atomic E-state index is -0.901. The zero-order valence-electron chi connectivity index (χ0n) is 11.0. The number of nitrogens with one attached hydrogen (secondary N) is 2. The fourth-order valence-electron chi connectivity index (χ4n) is 2.31. The van der Waals surface area contributed by atoms with Gasteiger partial charge in [0.25, 0.3) is 11.6 Å². The summed E-state index contributed by atoms with van der Waals surface area (Å²) < 4.78 is 13.7. The van der Waals surface area contributed by atoms with Crippen LogP contribution in [-0.4, -0.2) is 15.9 Å². The van der Waals surface area contributed by atoms with Crippen molar-refractivity contribution < 1.29 is 19.2 Å². The molecule has 1 heterocycles. The van der Waals surface area contributed by atoms with Crippen LogP contribution in [0.5, 0.6) is 5.75 Å². The van der Waals surface area contributed by atoms with E-state index in [0.29, 0.717) is 0 Å². The lowest BCUT2D eigenvalue weighted by molar-refractivity contribution is -0.385. The third-order valence-electron chi connectivity index (χ3n) is 3.35. The Balaban J connectivity index is 2.03. The van der Waals surface area contributed by atoms with Crippen molar-refractivity contribution in [2.45, 2.75) is 6.17 Å². The van der Waals surface area contributed by atoms with Gasteiger partial charge in [-0.2, -0.15) is 0 Å². The maximum Gasteiger partial charge on any atom is 0.270 e. The fourth-order valence-corrected chi connectivity index (χ4v) is 2.31. The Labute approximate surface area is 123 Å². The Morgan fingerprint density at radius 3 is 2.73 bits per heavy atom. The largest absolute Gasteiger partial charge is 0.508 e. The Hall–Kier alpha value is -3.16. The average molecular weight is 303 g/mol. The molecule has 2 aromatic carbocycles. The van der Waals surface area contributed by atoms with Crippen molar-refractivity contribution in [1.29, 1.82) is 0 Å². The number of carbonyl (C=O) groups excluding carboxylic acids is 1. The second-order valence-corrected chi connectivity index (χ2v) is 4.71. The number of hydrogen-bond acceptors (Lipinski definition) is 5. The summed E-state index contributed by atoms with van der Waals surface area (Å²) in [6, 6.07) is 7.57. The highest BCUT2D eigenvalue weighted by molar-refractivity contribution is 6.02. The molecule has 1 aliphatic rings. The van der Waals surface area contributed by atoms with Crippen LogP contribution in [0.15, 0.2) is 36.4 Å². The Morgan fingerprint density at radius 2 is 2.00 bits per heavy atom. The molecule has 0 aliphatic carbocycles. The van der Waals surface area contributed by atoms with E-state index in [4.69, 9.17) is 0 Å². The first kappa shape index (κ1) is 13.8. The van der Waals surface area contributed by atoms with Gasteiger partial charge in [0.05, 0.1) is 16.2 Å². The molecular weight excluding hydrogens is 293 g/mol. The molecule has 1 atom stereocenters. The lowest BCUT2D eigenvalue weighted by Crippen LogP contribution is -2.39. The SMILES string of the molecule is O=C1NC(c2cc([N+](=O)[O-])ccc2O)Nc2cccc(F)c21. The van der Waals surface area contributed by atoms with Crippen molar-refractivity contribution in [1.82, 2.24) is 5.32 Å². The number of phenols is 1. The lowest BCUT2D eigenvalue weighted by Gasteiger charge is -2.28. The first-order valence-corrected chi connectivity index (χ1v) is 6.30. The molecule has 0 bridgehead atoms. The first-order valence-electron chi connectivity index (χ1n) is 6.30. The van der Waals surface area contributed by atoms with E-state index < -0.39 is 22.8 Å². The van der Waals surface area contributed by atoms with Gasteiger partial charge in [0.1, 0.15) is 17.7 Å². The second kappa shape index (κ2) is 4.99. The predicted octanol–water partition coefficient (Wildman–Crippen LogP) is 2.29. The van der Waals surface area contributed by atoms with Gasteiger partial charge >= 0.3 is 0 Å². The van der Waals surface area contributed by atoms with Gasteiger partial charge in [0.2, 0.25) is 0 Å². The number of fused-ring (bicyclic) bond motifs is 1. The maximum absolute atomic E-state index is 13.7. The molecule has 3 N–H and O–H groups in total. The van der Waals surface area contributed by atoms with Gasteiger partial charge in [-0.3, -0.25) is 14.9 Å². The number of nitro groups is 1. The number of phenolic OH excluding ortho intramolecular Hbond substituents is 1. The molecule has 0 radical (unpaired) electrons. The standard InChI is InChI=1S/C14H10FN3O4/c15-9-2-1-3-10-12(9)14(20)17-13(16-10)8-6-7(18(21)22)4-5-11(8)19/h1-6,13,16,19H,(H,17,20). The summed E-state index contributed by atoms with van der Waals surface area (Å²) in [5.74, 6) is -1.56. The van der Waals surface area contributed by atoms with Crippen LogP contribution < -0.4 is 10.6 Å². The summed E-state index contributed by atoms with van der Waals surface area (Å²) in [7, 11) is 0. The van der Waals surface area contributed by atoms with Crippen LogP contribution in [-0.2, 0) is 0 Å². The van der Waals surface area contributed by atoms with Gasteiger partial charge in [-0.15, -0.1) is 0 Å². The van der Waals surface area contributed by atoms with Crippen LogP contribution in [0, 0.1) is 15.9 Å². The number of rotatable bonds is 2. The van der Waals surface area contributed by atoms with Gasteiger partial charge in [-0.1, -0.05) is 6.07 Å². The van der Waals surface area contributed by atoms with E-state index in [2.05, 4.69) is 10.6 Å². The highest BCUT2D eigenvalue weighted by Gasteiger charge is 2.29. The topological polar surface area (TPSA) is 104 Å². The van der Waals surface area contributed by atoms with Crippen molar-refractivity contribution >= 4 is 17.3 Å². The van der Waals surface area contributed by atoms with Crippen molar-refractivity contribution in [2.24, 2.45) is 0 Å². The zero-order valence-corrected chi connectivity index (χ0v) is 11.0. The van der Waals surface area contributed by atoms with E-state index in [9.17, 15) is 24.4 Å². The molecule has 1 aliphatic heterocycles. The van der Waals surface area contributed by atoms with Gasteiger partial charge in [0, 0.05) is 17.7 Å². The van der Waals surface area contributed by atoms with Gasteiger partial charge in [-0.05, 0) is 18.2 Å². The number of carbonyl (C=O) groups is 1. The summed E-state index contributed by atoms with van der Waals surface area (Å²) in [5.41, 5.74) is 0.00896. The van der Waals surface area contributed by atoms with Crippen molar-refractivity contribution in [3.63, 3.8) is 0 Å². The number of nitro benzene ring substituents is 1. The van der Waals surface area contributed by atoms with Crippen LogP contribution in [0.25, 0.3) is 0 Å². The van der Waals surface area contributed by atoms with Gasteiger partial charge < -0.3 is 15.7 Å². The third kappa shape index (κ3) is 2.20. The second-order valence-electron chi connectivity index (χ2n) is 4.71. The average Bonchev–Trinajstić information content (AvgIpc) is 2.47. The molecule has 0 fully saturated rings. The van der Waals surface area contributed by atoms with E-state index in [1.54, 1.807) is 0 Å². The zero-order chi connectivity index (χ0) is 15.9. The number of non-ortho nitro benzene ring substituents is 1. The summed E-state index contributed by atoms with van der Waals surface area (Å²) in [5, 5.41) is 26.0. The van der Waals surface area contributed by atoms with Crippen molar-refractivity contribution in [3.8, 4) is 5.75 Å². The number of hydrogen-bond donors (Lipinski definition) is 3. The monoisotopic (exact) mass is 303 g/mol. The minimum absolute atomic E-state index is 0.123. The molecule has 8 heteroatoms. The van der Waals surface area contributed by atoms with Crippen LogP contribution >= 0.6 is 0 Å². The number of halogens is 1. The summed E-state index contributed by atoms with van der Waals surface area (Å²) in [4.78, 5) is 22.2. The molecule has 2 aromatic rings. The smallest absolute Gasteiger partial charge is 0.270 e. The molecule has 0 spiro atoms. The molecule has 3 rings (SSSR count). The van der Waals surface area contributed by atoms with E-state index in [1.165, 1.54) is 18.2 Å². The van der Waals surface area contributed by atoms with E-state index in [-0.39, 0.29) is 28.3 Å². The maximum atomic E-state index is 13.7. The molecule has 112 valence electrons. The number of amides is 1. The third-order valence-corrected chi connectivity index (χ3v) is 3.35. The molecule has 0 saturated heterocycles. The normalized spacial score (nSPS) is 16.4. The molecule has 1 unspecified atom stereocenters. The predicted molar refractivity (Wildman–Crippen MR) is 75.0 cm³/mol. The van der Waals surface area contributed by atoms with Crippen LogP contribution in [0.3, 0.4) is 0 Å². The highest BCUT2D eigenvalue weighted by atomic mass is 19.1. The van der Waals surface area contributed by atoms with E-state index in [1.807, 2.05) is 0 Å². The number of anilines is 1. The van der Waals surface area contributed by atoms with Crippen LogP contribution in [0.1, 0.15) is 22.1 Å². The molecule has 1 amide bonds. The number of nitrogens with zero attached hydrogens (tertiary/aromatic N) is 1. The van der Waals surface area contributed by atoms with Gasteiger partial charge in [0.15, 0.2) is 0 Å². The van der Waals surface area contributed by atoms with Crippen LogP contribution in [0.4, 0.5) is 15.8 Å². The molecule has 22 heavy (non-hydrogen) atoms. The first-order chi connectivity index (χ1) is 10.5. The number of aromatic hydroxyl groups is 1. The van der Waals surface area contributed by atoms with Gasteiger partial charge in [-0.25, -0.2) is 4.39 Å². The molecule has 0 saturated carbocycles.